The smallest absolute Gasteiger partial charge is 0.228 e. The molecule has 2 N–H and O–H groups in total. The summed E-state index contributed by atoms with van der Waals surface area (Å²) in [6.07, 6.45) is 8.27. The third-order valence-corrected chi connectivity index (χ3v) is 8.03. The Bertz CT molecular complexity index is 1080. The lowest BCUT2D eigenvalue weighted by molar-refractivity contribution is -0.117. The molecular weight excluding hydrogens is 376 g/mol. The van der Waals surface area contributed by atoms with E-state index in [1.54, 1.807) is 11.2 Å². The molecule has 1 saturated heterocycles. The summed E-state index contributed by atoms with van der Waals surface area (Å²) >= 11 is 0. The first kappa shape index (κ1) is 17.9. The number of amides is 1. The van der Waals surface area contributed by atoms with Gasteiger partial charge in [0.05, 0.1) is 5.75 Å². The van der Waals surface area contributed by atoms with Crippen LogP contribution in [0.3, 0.4) is 0 Å². The molecule has 2 aliphatic heterocycles. The van der Waals surface area contributed by atoms with E-state index in [1.807, 2.05) is 18.3 Å². The normalized spacial score (nSPS) is 25.1. The minimum Gasteiger partial charge on any atom is -0.346 e. The van der Waals surface area contributed by atoms with Gasteiger partial charge in [-0.2, -0.15) is 4.31 Å². The van der Waals surface area contributed by atoms with Gasteiger partial charge in [-0.05, 0) is 62.3 Å². The van der Waals surface area contributed by atoms with Crippen molar-refractivity contribution in [3.05, 3.63) is 30.0 Å². The van der Waals surface area contributed by atoms with Crippen molar-refractivity contribution >= 4 is 38.4 Å². The second-order valence-electron chi connectivity index (χ2n) is 7.98. The van der Waals surface area contributed by atoms with E-state index < -0.39 is 10.0 Å². The van der Waals surface area contributed by atoms with Crippen LogP contribution in [0.4, 0.5) is 5.82 Å². The van der Waals surface area contributed by atoms with Crippen LogP contribution in [0.25, 0.3) is 16.6 Å². The topological polar surface area (TPSA) is 95.2 Å². The number of carbonyl (C=O) groups is 1. The quantitative estimate of drug-likeness (QED) is 0.807. The third kappa shape index (κ3) is 2.95. The molecule has 5 rings (SSSR count). The van der Waals surface area contributed by atoms with Crippen LogP contribution >= 0.6 is 0 Å². The van der Waals surface area contributed by atoms with Crippen LogP contribution < -0.4 is 5.32 Å². The summed E-state index contributed by atoms with van der Waals surface area (Å²) in [5.74, 6) is 0.834. The highest BCUT2D eigenvalue weighted by molar-refractivity contribution is 7.89. The Morgan fingerprint density at radius 1 is 1.32 bits per heavy atom. The van der Waals surface area contributed by atoms with E-state index >= 15 is 0 Å². The zero-order chi connectivity index (χ0) is 19.5. The lowest BCUT2D eigenvalue weighted by Crippen LogP contribution is -2.43. The molecule has 2 fully saturated rings. The zero-order valence-electron chi connectivity index (χ0n) is 15.8. The predicted molar refractivity (Wildman–Crippen MR) is 108 cm³/mol. The van der Waals surface area contributed by atoms with Gasteiger partial charge in [0, 0.05) is 29.6 Å². The van der Waals surface area contributed by atoms with E-state index in [4.69, 9.17) is 0 Å². The largest absolute Gasteiger partial charge is 0.346 e. The van der Waals surface area contributed by atoms with Gasteiger partial charge in [-0.1, -0.05) is 6.08 Å². The second-order valence-corrected chi connectivity index (χ2v) is 10.1. The van der Waals surface area contributed by atoms with E-state index in [1.165, 1.54) is 0 Å². The molecule has 2 bridgehead atoms. The molecule has 4 heterocycles. The summed E-state index contributed by atoms with van der Waals surface area (Å²) in [4.78, 5) is 19.9. The molecule has 148 valence electrons. The van der Waals surface area contributed by atoms with Crippen LogP contribution in [0.2, 0.25) is 0 Å². The minimum atomic E-state index is -3.21. The molecular formula is C20H24N4O3S. The molecule has 8 heteroatoms. The summed E-state index contributed by atoms with van der Waals surface area (Å²) in [6, 6.07) is 3.86. The summed E-state index contributed by atoms with van der Waals surface area (Å²) in [7, 11) is -3.21. The average Bonchev–Trinajstić information content (AvgIpc) is 3.36. The Labute approximate surface area is 164 Å². The summed E-state index contributed by atoms with van der Waals surface area (Å²) < 4.78 is 26.7. The summed E-state index contributed by atoms with van der Waals surface area (Å²) in [5, 5.41) is 3.94. The maximum atomic E-state index is 12.5. The maximum Gasteiger partial charge on any atom is 0.228 e. The molecule has 3 aliphatic rings. The van der Waals surface area contributed by atoms with E-state index in [9.17, 15) is 13.2 Å². The lowest BCUT2D eigenvalue weighted by Gasteiger charge is -2.33. The summed E-state index contributed by atoms with van der Waals surface area (Å²) in [5.41, 5.74) is 2.91. The van der Waals surface area contributed by atoms with Crippen LogP contribution in [-0.2, 0) is 14.8 Å². The van der Waals surface area contributed by atoms with Gasteiger partial charge in [-0.3, -0.25) is 4.79 Å². The highest BCUT2D eigenvalue weighted by atomic mass is 32.2. The van der Waals surface area contributed by atoms with Gasteiger partial charge in [0.1, 0.15) is 11.5 Å². The van der Waals surface area contributed by atoms with Gasteiger partial charge in [0.2, 0.25) is 15.9 Å². The molecule has 2 aromatic rings. The van der Waals surface area contributed by atoms with Gasteiger partial charge in [0.25, 0.3) is 0 Å². The molecule has 2 unspecified atom stereocenters. The number of sulfonamides is 1. The summed E-state index contributed by atoms with van der Waals surface area (Å²) in [6.45, 7) is 1.70. The van der Waals surface area contributed by atoms with Crippen molar-refractivity contribution in [1.29, 1.82) is 0 Å². The average molecular weight is 401 g/mol. The molecule has 1 saturated carbocycles. The predicted octanol–water partition coefficient (Wildman–Crippen LogP) is 2.88. The van der Waals surface area contributed by atoms with Gasteiger partial charge >= 0.3 is 0 Å². The molecule has 2 atom stereocenters. The third-order valence-electron chi connectivity index (χ3n) is 6.09. The molecule has 28 heavy (non-hydrogen) atoms. The fraction of sp³-hybridized carbons (Fsp3) is 0.500. The van der Waals surface area contributed by atoms with Crippen molar-refractivity contribution in [2.24, 2.45) is 5.92 Å². The number of fused-ring (bicyclic) bond motifs is 3. The molecule has 1 aliphatic carbocycles. The van der Waals surface area contributed by atoms with Crippen LogP contribution in [-0.4, -0.2) is 46.4 Å². The first-order chi connectivity index (χ1) is 13.5. The van der Waals surface area contributed by atoms with Crippen molar-refractivity contribution in [2.75, 3.05) is 11.1 Å². The number of H-pyrrole nitrogens is 1. The van der Waals surface area contributed by atoms with E-state index in [0.29, 0.717) is 12.2 Å². The Balaban J connectivity index is 1.53. The van der Waals surface area contributed by atoms with E-state index in [0.717, 1.165) is 47.9 Å². The number of hydrogen-bond acceptors (Lipinski definition) is 4. The zero-order valence-corrected chi connectivity index (χ0v) is 16.6. The SMILES string of the molecule is CCS(=O)(=O)N1C2C=C(c3cc(NC(=O)C4CC4)nc4[nH]ccc34)CC1CC2. The molecule has 0 spiro atoms. The highest BCUT2D eigenvalue weighted by Gasteiger charge is 2.43. The van der Waals surface area contributed by atoms with Crippen LogP contribution in [0.1, 0.15) is 44.6 Å². The number of aromatic amines is 1. The number of hydrogen-bond donors (Lipinski definition) is 2. The lowest BCUT2D eigenvalue weighted by atomic mass is 9.94. The fourth-order valence-corrected chi connectivity index (χ4v) is 6.03. The standard InChI is InChI=1S/C20H24N4O3S/c1-2-28(26,27)24-14-5-6-15(24)10-13(9-14)17-11-18(23-20(25)12-3-4-12)22-19-16(17)7-8-21-19/h7-9,11-12,14-15H,2-6,10H2,1H3,(H2,21,22,23,25). The monoisotopic (exact) mass is 400 g/mol. The van der Waals surface area contributed by atoms with Gasteiger partial charge in [0.15, 0.2) is 0 Å². The van der Waals surface area contributed by atoms with Crippen LogP contribution in [0.5, 0.6) is 0 Å². The molecule has 1 amide bonds. The molecule has 0 radical (unpaired) electrons. The van der Waals surface area contributed by atoms with E-state index in [-0.39, 0.29) is 29.7 Å². The van der Waals surface area contributed by atoms with Crippen molar-refractivity contribution in [3.63, 3.8) is 0 Å². The van der Waals surface area contributed by atoms with E-state index in [2.05, 4.69) is 21.4 Å². The van der Waals surface area contributed by atoms with Gasteiger partial charge in [-0.15, -0.1) is 0 Å². The van der Waals surface area contributed by atoms with Crippen molar-refractivity contribution in [3.8, 4) is 0 Å². The van der Waals surface area contributed by atoms with Gasteiger partial charge < -0.3 is 10.3 Å². The van der Waals surface area contributed by atoms with Crippen molar-refractivity contribution in [1.82, 2.24) is 14.3 Å². The Kier molecular flexibility index (Phi) is 4.10. The number of aromatic nitrogens is 2. The Morgan fingerprint density at radius 2 is 2.14 bits per heavy atom. The Morgan fingerprint density at radius 3 is 2.86 bits per heavy atom. The molecule has 7 nitrogen and oxygen atoms in total. The number of nitrogens with one attached hydrogen (secondary N) is 2. The maximum absolute atomic E-state index is 12.5. The number of carbonyl (C=O) groups excluding carboxylic acids is 1. The number of rotatable bonds is 5. The molecule has 2 aromatic heterocycles. The Hall–Kier alpha value is -2.19. The van der Waals surface area contributed by atoms with Crippen LogP contribution in [0.15, 0.2) is 24.4 Å². The second kappa shape index (κ2) is 6.42. The highest BCUT2D eigenvalue weighted by Crippen LogP contribution is 2.42. The first-order valence-corrected chi connectivity index (χ1v) is 11.6. The first-order valence-electron chi connectivity index (χ1n) is 9.97. The fourth-order valence-electron chi connectivity index (χ4n) is 4.51. The van der Waals surface area contributed by atoms with Crippen molar-refractivity contribution < 1.29 is 13.2 Å². The number of pyridine rings is 1. The number of anilines is 1. The molecule has 0 aromatic carbocycles. The minimum absolute atomic E-state index is 0.0154. The van der Waals surface area contributed by atoms with Crippen molar-refractivity contribution in [2.45, 2.75) is 51.1 Å². The van der Waals surface area contributed by atoms with Crippen LogP contribution in [0, 0.1) is 5.92 Å². The number of nitrogens with zero attached hydrogens (tertiary/aromatic N) is 2. The van der Waals surface area contributed by atoms with Gasteiger partial charge in [-0.25, -0.2) is 13.4 Å².